The van der Waals surface area contributed by atoms with Gasteiger partial charge in [0.05, 0.1) is 11.3 Å². The maximum Gasteiger partial charge on any atom is 0.265 e. The second kappa shape index (κ2) is 9.04. The van der Waals surface area contributed by atoms with Crippen molar-refractivity contribution in [3.05, 3.63) is 59.2 Å². The van der Waals surface area contributed by atoms with Crippen molar-refractivity contribution in [1.82, 2.24) is 5.32 Å². The first kappa shape index (κ1) is 19.5. The smallest absolute Gasteiger partial charge is 0.265 e. The third-order valence-electron chi connectivity index (χ3n) is 3.98. The van der Waals surface area contributed by atoms with E-state index in [2.05, 4.69) is 10.6 Å². The van der Waals surface area contributed by atoms with Crippen LogP contribution in [-0.2, 0) is 4.79 Å². The van der Waals surface area contributed by atoms with Crippen LogP contribution in [0.4, 0.5) is 5.69 Å². The summed E-state index contributed by atoms with van der Waals surface area (Å²) >= 11 is 0. The van der Waals surface area contributed by atoms with Crippen LogP contribution >= 0.6 is 0 Å². The van der Waals surface area contributed by atoms with Crippen LogP contribution in [0.1, 0.15) is 41.8 Å². The zero-order valence-electron chi connectivity index (χ0n) is 15.8. The molecule has 2 aromatic carbocycles. The van der Waals surface area contributed by atoms with Crippen molar-refractivity contribution in [2.45, 2.75) is 40.2 Å². The standard InChI is InChI=1S/C21H26N2O3/c1-5-12-22-21(25)17-8-6-7-9-18(17)23-20(24)16(4)26-19-13-14(2)10-11-15(19)3/h6-11,13,16H,5,12H2,1-4H3,(H,22,25)(H,23,24). The molecule has 2 amide bonds. The molecule has 0 aliphatic heterocycles. The number of amides is 2. The van der Waals surface area contributed by atoms with Gasteiger partial charge in [-0.15, -0.1) is 0 Å². The number of carbonyl (C=O) groups is 2. The maximum absolute atomic E-state index is 12.5. The van der Waals surface area contributed by atoms with E-state index in [4.69, 9.17) is 4.74 Å². The highest BCUT2D eigenvalue weighted by atomic mass is 16.5. The lowest BCUT2D eigenvalue weighted by Crippen LogP contribution is -2.32. The van der Waals surface area contributed by atoms with Crippen LogP contribution in [-0.4, -0.2) is 24.5 Å². The van der Waals surface area contributed by atoms with E-state index in [1.54, 1.807) is 31.2 Å². The van der Waals surface area contributed by atoms with E-state index in [1.165, 1.54) is 0 Å². The summed E-state index contributed by atoms with van der Waals surface area (Å²) in [5.74, 6) is 0.175. The topological polar surface area (TPSA) is 67.4 Å². The summed E-state index contributed by atoms with van der Waals surface area (Å²) in [5.41, 5.74) is 2.95. The van der Waals surface area contributed by atoms with Gasteiger partial charge in [0, 0.05) is 6.54 Å². The van der Waals surface area contributed by atoms with Crippen LogP contribution in [0.5, 0.6) is 5.75 Å². The van der Waals surface area contributed by atoms with Crippen molar-refractivity contribution < 1.29 is 14.3 Å². The first-order valence-corrected chi connectivity index (χ1v) is 8.84. The molecule has 26 heavy (non-hydrogen) atoms. The fourth-order valence-corrected chi connectivity index (χ4v) is 2.44. The average Bonchev–Trinajstić information content (AvgIpc) is 2.63. The van der Waals surface area contributed by atoms with E-state index in [9.17, 15) is 9.59 Å². The quantitative estimate of drug-likeness (QED) is 0.794. The minimum Gasteiger partial charge on any atom is -0.481 e. The lowest BCUT2D eigenvalue weighted by Gasteiger charge is -2.18. The monoisotopic (exact) mass is 354 g/mol. The van der Waals surface area contributed by atoms with Gasteiger partial charge in [0.1, 0.15) is 5.75 Å². The molecule has 2 rings (SSSR count). The number of ether oxygens (including phenoxy) is 1. The number of anilines is 1. The highest BCUT2D eigenvalue weighted by Gasteiger charge is 2.19. The SMILES string of the molecule is CCCNC(=O)c1ccccc1NC(=O)C(C)Oc1cc(C)ccc1C. The van der Waals surface area contributed by atoms with Crippen LogP contribution in [0, 0.1) is 13.8 Å². The molecule has 5 heteroatoms. The number of nitrogens with one attached hydrogen (secondary N) is 2. The Balaban J connectivity index is 2.09. The highest BCUT2D eigenvalue weighted by Crippen LogP contribution is 2.21. The van der Waals surface area contributed by atoms with Gasteiger partial charge in [-0.3, -0.25) is 9.59 Å². The molecule has 2 aromatic rings. The number of hydrogen-bond acceptors (Lipinski definition) is 3. The Hall–Kier alpha value is -2.82. The normalized spacial score (nSPS) is 11.5. The van der Waals surface area contributed by atoms with Gasteiger partial charge in [0.25, 0.3) is 11.8 Å². The van der Waals surface area contributed by atoms with Crippen molar-refractivity contribution in [2.24, 2.45) is 0 Å². The predicted octanol–water partition coefficient (Wildman–Crippen LogP) is 3.85. The van der Waals surface area contributed by atoms with Gasteiger partial charge >= 0.3 is 0 Å². The Morgan fingerprint density at radius 3 is 2.58 bits per heavy atom. The Morgan fingerprint density at radius 2 is 1.85 bits per heavy atom. The first-order valence-electron chi connectivity index (χ1n) is 8.84. The second-order valence-electron chi connectivity index (χ2n) is 6.32. The van der Waals surface area contributed by atoms with Crippen molar-refractivity contribution in [3.8, 4) is 5.75 Å². The molecule has 0 fully saturated rings. The number of benzene rings is 2. The van der Waals surface area contributed by atoms with E-state index in [0.717, 1.165) is 17.5 Å². The molecule has 0 aliphatic rings. The predicted molar refractivity (Wildman–Crippen MR) is 104 cm³/mol. The van der Waals surface area contributed by atoms with Crippen molar-refractivity contribution in [1.29, 1.82) is 0 Å². The molecule has 0 radical (unpaired) electrons. The molecule has 0 heterocycles. The van der Waals surface area contributed by atoms with E-state index >= 15 is 0 Å². The van der Waals surface area contributed by atoms with Crippen LogP contribution in [0.3, 0.4) is 0 Å². The molecular weight excluding hydrogens is 328 g/mol. The molecule has 138 valence electrons. The van der Waals surface area contributed by atoms with E-state index in [1.807, 2.05) is 39.0 Å². The third kappa shape index (κ3) is 5.09. The largest absolute Gasteiger partial charge is 0.481 e. The Labute approximate surface area is 154 Å². The van der Waals surface area contributed by atoms with Crippen LogP contribution in [0.15, 0.2) is 42.5 Å². The average molecular weight is 354 g/mol. The zero-order valence-corrected chi connectivity index (χ0v) is 15.8. The van der Waals surface area contributed by atoms with Crippen molar-refractivity contribution in [2.75, 3.05) is 11.9 Å². The summed E-state index contributed by atoms with van der Waals surface area (Å²) in [4.78, 5) is 24.8. The zero-order chi connectivity index (χ0) is 19.1. The number of aryl methyl sites for hydroxylation is 2. The summed E-state index contributed by atoms with van der Waals surface area (Å²) in [5, 5.41) is 5.62. The first-order chi connectivity index (χ1) is 12.4. The number of carbonyl (C=O) groups excluding carboxylic acids is 2. The van der Waals surface area contributed by atoms with E-state index in [-0.39, 0.29) is 11.8 Å². The molecule has 0 saturated heterocycles. The molecule has 0 bridgehead atoms. The fraction of sp³-hybridized carbons (Fsp3) is 0.333. The summed E-state index contributed by atoms with van der Waals surface area (Å²) in [6, 6.07) is 12.8. The van der Waals surface area contributed by atoms with Gasteiger partial charge in [0.2, 0.25) is 0 Å². The van der Waals surface area contributed by atoms with Gasteiger partial charge in [-0.05, 0) is 56.5 Å². The van der Waals surface area contributed by atoms with Crippen molar-refractivity contribution in [3.63, 3.8) is 0 Å². The Kier molecular flexibility index (Phi) is 6.78. The maximum atomic E-state index is 12.5. The minimum atomic E-state index is -0.692. The Bertz CT molecular complexity index is 787. The number of rotatable bonds is 7. The molecule has 0 spiro atoms. The van der Waals surface area contributed by atoms with Crippen molar-refractivity contribution >= 4 is 17.5 Å². The molecule has 5 nitrogen and oxygen atoms in total. The van der Waals surface area contributed by atoms with Gasteiger partial charge in [0.15, 0.2) is 6.10 Å². The van der Waals surface area contributed by atoms with Gasteiger partial charge in [-0.2, -0.15) is 0 Å². The lowest BCUT2D eigenvalue weighted by atomic mass is 10.1. The third-order valence-corrected chi connectivity index (χ3v) is 3.98. The lowest BCUT2D eigenvalue weighted by molar-refractivity contribution is -0.122. The summed E-state index contributed by atoms with van der Waals surface area (Å²) in [7, 11) is 0. The van der Waals surface area contributed by atoms with E-state index < -0.39 is 6.10 Å². The van der Waals surface area contributed by atoms with Crippen LogP contribution < -0.4 is 15.4 Å². The van der Waals surface area contributed by atoms with E-state index in [0.29, 0.717) is 23.5 Å². The molecule has 1 atom stereocenters. The summed E-state index contributed by atoms with van der Waals surface area (Å²) in [6.45, 7) is 8.18. The highest BCUT2D eigenvalue weighted by molar-refractivity contribution is 6.04. The fourth-order valence-electron chi connectivity index (χ4n) is 2.44. The number of hydrogen-bond donors (Lipinski definition) is 2. The second-order valence-corrected chi connectivity index (χ2v) is 6.32. The molecule has 2 N–H and O–H groups in total. The van der Waals surface area contributed by atoms with Gasteiger partial charge in [-0.25, -0.2) is 0 Å². The minimum absolute atomic E-state index is 0.203. The number of para-hydroxylation sites is 1. The molecule has 0 aromatic heterocycles. The summed E-state index contributed by atoms with van der Waals surface area (Å²) in [6.07, 6.45) is 0.156. The van der Waals surface area contributed by atoms with Gasteiger partial charge < -0.3 is 15.4 Å². The Morgan fingerprint density at radius 1 is 1.12 bits per heavy atom. The van der Waals surface area contributed by atoms with Crippen LogP contribution in [0.2, 0.25) is 0 Å². The molecule has 0 saturated carbocycles. The molecule has 0 aliphatic carbocycles. The summed E-state index contributed by atoms with van der Waals surface area (Å²) < 4.78 is 5.81. The molecular formula is C21H26N2O3. The molecule has 1 unspecified atom stereocenters. The van der Waals surface area contributed by atoms with Gasteiger partial charge in [-0.1, -0.05) is 31.2 Å². The van der Waals surface area contributed by atoms with Crippen LogP contribution in [0.25, 0.3) is 0 Å².